The van der Waals surface area contributed by atoms with E-state index in [1.54, 1.807) is 0 Å². The second-order valence-electron chi connectivity index (χ2n) is 6.24. The Bertz CT molecular complexity index is 729. The van der Waals surface area contributed by atoms with Gasteiger partial charge in [-0.2, -0.15) is 0 Å². The second kappa shape index (κ2) is 10.4. The summed E-state index contributed by atoms with van der Waals surface area (Å²) < 4.78 is 5.33. The van der Waals surface area contributed by atoms with E-state index < -0.39 is 0 Å². The second-order valence-corrected chi connectivity index (χ2v) is 6.24. The number of hydrogen-bond donors (Lipinski definition) is 1. The standard InChI is InChI=1S/C20H26N4O.HI/c1-3-18-14-19(25-23-18)15-22-20(21-2)24-11-9-17(10-12-24)13-16-7-5-4-6-8-16;/h4-8,13-14H,3,9-12,15H2,1-2H3,(H,21,22);1H. The molecule has 0 bridgehead atoms. The van der Waals surface area contributed by atoms with Crippen molar-refractivity contribution in [1.29, 1.82) is 0 Å². The Kier molecular flexibility index (Phi) is 8.15. The van der Waals surface area contributed by atoms with Gasteiger partial charge < -0.3 is 14.7 Å². The highest BCUT2D eigenvalue weighted by molar-refractivity contribution is 14.0. The van der Waals surface area contributed by atoms with Gasteiger partial charge in [0, 0.05) is 26.2 Å². The molecule has 0 radical (unpaired) electrons. The molecule has 0 saturated carbocycles. The Hall–Kier alpha value is -1.83. The van der Waals surface area contributed by atoms with E-state index >= 15 is 0 Å². The van der Waals surface area contributed by atoms with Crippen molar-refractivity contribution in [3.05, 3.63) is 59.0 Å². The zero-order chi connectivity index (χ0) is 17.5. The lowest BCUT2D eigenvalue weighted by molar-refractivity contribution is 0.357. The summed E-state index contributed by atoms with van der Waals surface area (Å²) in [7, 11) is 1.83. The summed E-state index contributed by atoms with van der Waals surface area (Å²) in [5, 5.41) is 7.40. The number of nitrogens with zero attached hydrogens (tertiary/aromatic N) is 3. The minimum absolute atomic E-state index is 0. The Morgan fingerprint density at radius 1 is 1.27 bits per heavy atom. The summed E-state index contributed by atoms with van der Waals surface area (Å²) >= 11 is 0. The number of piperidine rings is 1. The van der Waals surface area contributed by atoms with Crippen LogP contribution < -0.4 is 5.32 Å². The van der Waals surface area contributed by atoms with Crippen molar-refractivity contribution in [1.82, 2.24) is 15.4 Å². The molecule has 26 heavy (non-hydrogen) atoms. The molecule has 1 saturated heterocycles. The summed E-state index contributed by atoms with van der Waals surface area (Å²) in [6.07, 6.45) is 5.34. The van der Waals surface area contributed by atoms with Crippen LogP contribution in [0, 0.1) is 0 Å². The zero-order valence-corrected chi connectivity index (χ0v) is 17.8. The quantitative estimate of drug-likeness (QED) is 0.419. The van der Waals surface area contributed by atoms with Crippen LogP contribution >= 0.6 is 24.0 Å². The predicted molar refractivity (Wildman–Crippen MR) is 117 cm³/mol. The lowest BCUT2D eigenvalue weighted by atomic mass is 10.0. The fourth-order valence-electron chi connectivity index (χ4n) is 3.04. The van der Waals surface area contributed by atoms with Crippen LogP contribution in [-0.4, -0.2) is 36.2 Å². The molecule has 1 aromatic carbocycles. The molecule has 1 N–H and O–H groups in total. The molecule has 1 fully saturated rings. The van der Waals surface area contributed by atoms with Crippen molar-refractivity contribution in [2.75, 3.05) is 20.1 Å². The van der Waals surface area contributed by atoms with Crippen LogP contribution in [0.3, 0.4) is 0 Å². The van der Waals surface area contributed by atoms with Crippen LogP contribution in [0.2, 0.25) is 0 Å². The third-order valence-corrected chi connectivity index (χ3v) is 4.48. The smallest absolute Gasteiger partial charge is 0.194 e. The van der Waals surface area contributed by atoms with Crippen molar-refractivity contribution in [3.8, 4) is 0 Å². The van der Waals surface area contributed by atoms with E-state index in [0.717, 1.165) is 49.8 Å². The molecule has 0 aliphatic carbocycles. The molecule has 1 aromatic heterocycles. The summed E-state index contributed by atoms with van der Waals surface area (Å²) in [4.78, 5) is 6.72. The van der Waals surface area contributed by atoms with Crippen LogP contribution in [0.1, 0.15) is 36.8 Å². The molecule has 2 heterocycles. The number of rotatable bonds is 4. The van der Waals surface area contributed by atoms with Crippen LogP contribution in [0.4, 0.5) is 0 Å². The van der Waals surface area contributed by atoms with Crippen molar-refractivity contribution in [2.45, 2.75) is 32.7 Å². The Morgan fingerprint density at radius 3 is 2.62 bits per heavy atom. The van der Waals surface area contributed by atoms with Crippen LogP contribution in [0.15, 0.2) is 51.5 Å². The molecule has 6 heteroatoms. The molecular weight excluding hydrogens is 439 g/mol. The molecule has 0 spiro atoms. The average molecular weight is 466 g/mol. The average Bonchev–Trinajstić information content (AvgIpc) is 3.12. The Morgan fingerprint density at radius 2 is 2.00 bits per heavy atom. The van der Waals surface area contributed by atoms with Gasteiger partial charge in [0.2, 0.25) is 0 Å². The van der Waals surface area contributed by atoms with E-state index in [-0.39, 0.29) is 24.0 Å². The first kappa shape index (κ1) is 20.5. The summed E-state index contributed by atoms with van der Waals surface area (Å²) in [5.74, 6) is 1.77. The number of aromatic nitrogens is 1. The Balaban J connectivity index is 0.00000243. The van der Waals surface area contributed by atoms with Crippen LogP contribution in [-0.2, 0) is 13.0 Å². The molecule has 140 valence electrons. The molecule has 0 amide bonds. The van der Waals surface area contributed by atoms with E-state index in [1.807, 2.05) is 13.1 Å². The lowest BCUT2D eigenvalue weighted by Gasteiger charge is -2.31. The molecule has 0 unspecified atom stereocenters. The van der Waals surface area contributed by atoms with E-state index in [4.69, 9.17) is 4.52 Å². The zero-order valence-electron chi connectivity index (χ0n) is 15.4. The van der Waals surface area contributed by atoms with E-state index in [0.29, 0.717) is 6.54 Å². The van der Waals surface area contributed by atoms with Crippen molar-refractivity contribution in [3.63, 3.8) is 0 Å². The maximum Gasteiger partial charge on any atom is 0.194 e. The van der Waals surface area contributed by atoms with Crippen LogP contribution in [0.5, 0.6) is 0 Å². The summed E-state index contributed by atoms with van der Waals surface area (Å²) in [6, 6.07) is 12.5. The topological polar surface area (TPSA) is 53.7 Å². The number of hydrogen-bond acceptors (Lipinski definition) is 3. The fourth-order valence-corrected chi connectivity index (χ4v) is 3.04. The Labute approximate surface area is 172 Å². The number of benzene rings is 1. The van der Waals surface area contributed by atoms with Gasteiger partial charge in [-0.3, -0.25) is 4.99 Å². The minimum Gasteiger partial charge on any atom is -0.359 e. The first-order chi connectivity index (χ1) is 12.3. The number of aliphatic imine (C=N–C) groups is 1. The van der Waals surface area contributed by atoms with Gasteiger partial charge in [0.05, 0.1) is 12.2 Å². The number of guanidine groups is 1. The molecule has 0 atom stereocenters. The molecule has 3 rings (SSSR count). The SMILES string of the molecule is CCc1cc(CNC(=NC)N2CCC(=Cc3ccccc3)CC2)on1.I. The molecule has 1 aliphatic rings. The molecule has 2 aromatic rings. The highest BCUT2D eigenvalue weighted by Gasteiger charge is 2.17. The van der Waals surface area contributed by atoms with E-state index in [2.05, 4.69) is 63.7 Å². The molecule has 1 aliphatic heterocycles. The third-order valence-electron chi connectivity index (χ3n) is 4.48. The van der Waals surface area contributed by atoms with Gasteiger partial charge in [0.1, 0.15) is 0 Å². The van der Waals surface area contributed by atoms with E-state index in [1.165, 1.54) is 11.1 Å². The fraction of sp³-hybridized carbons (Fsp3) is 0.400. The maximum atomic E-state index is 5.33. The van der Waals surface area contributed by atoms with Crippen molar-refractivity contribution >= 4 is 36.0 Å². The molecular formula is C20H27IN4O. The monoisotopic (exact) mass is 466 g/mol. The highest BCUT2D eigenvalue weighted by atomic mass is 127. The van der Waals surface area contributed by atoms with Gasteiger partial charge in [-0.25, -0.2) is 0 Å². The minimum atomic E-state index is 0. The van der Waals surface area contributed by atoms with Gasteiger partial charge in [-0.15, -0.1) is 24.0 Å². The van der Waals surface area contributed by atoms with Crippen molar-refractivity contribution in [2.24, 2.45) is 4.99 Å². The first-order valence-electron chi connectivity index (χ1n) is 8.93. The van der Waals surface area contributed by atoms with Crippen molar-refractivity contribution < 1.29 is 4.52 Å². The lowest BCUT2D eigenvalue weighted by Crippen LogP contribution is -2.44. The largest absolute Gasteiger partial charge is 0.359 e. The first-order valence-corrected chi connectivity index (χ1v) is 8.93. The maximum absolute atomic E-state index is 5.33. The van der Waals surface area contributed by atoms with Gasteiger partial charge in [-0.05, 0) is 24.8 Å². The van der Waals surface area contributed by atoms with E-state index in [9.17, 15) is 0 Å². The van der Waals surface area contributed by atoms with Gasteiger partial charge >= 0.3 is 0 Å². The van der Waals surface area contributed by atoms with Gasteiger partial charge in [-0.1, -0.05) is 54.1 Å². The third kappa shape index (κ3) is 5.59. The number of nitrogens with one attached hydrogen (secondary N) is 1. The number of likely N-dealkylation sites (tertiary alicyclic amines) is 1. The molecule has 5 nitrogen and oxygen atoms in total. The van der Waals surface area contributed by atoms with Gasteiger partial charge in [0.15, 0.2) is 11.7 Å². The normalized spacial score (nSPS) is 14.8. The summed E-state index contributed by atoms with van der Waals surface area (Å²) in [5.41, 5.74) is 3.77. The highest BCUT2D eigenvalue weighted by Crippen LogP contribution is 2.19. The van der Waals surface area contributed by atoms with Crippen LogP contribution in [0.25, 0.3) is 6.08 Å². The van der Waals surface area contributed by atoms with Gasteiger partial charge in [0.25, 0.3) is 0 Å². The predicted octanol–water partition coefficient (Wildman–Crippen LogP) is 4.11. The number of halogens is 1. The summed E-state index contributed by atoms with van der Waals surface area (Å²) in [6.45, 7) is 4.65. The number of aryl methyl sites for hydroxylation is 1.